The number of aryl methyl sites for hydroxylation is 1. The molecule has 0 aromatic carbocycles. The second-order valence-electron chi connectivity index (χ2n) is 3.72. The summed E-state index contributed by atoms with van der Waals surface area (Å²) in [6, 6.07) is 2.10. The van der Waals surface area contributed by atoms with E-state index >= 15 is 0 Å². The van der Waals surface area contributed by atoms with Crippen LogP contribution in [0.25, 0.3) is 0 Å². The van der Waals surface area contributed by atoms with E-state index in [1.165, 1.54) is 0 Å². The van der Waals surface area contributed by atoms with Gasteiger partial charge in [0.2, 0.25) is 0 Å². The molecule has 3 nitrogen and oxygen atoms in total. The molecule has 0 radical (unpaired) electrons. The second kappa shape index (κ2) is 4.21. The van der Waals surface area contributed by atoms with Gasteiger partial charge in [0.25, 0.3) is 0 Å². The molecule has 1 rings (SSSR count). The van der Waals surface area contributed by atoms with Crippen LogP contribution in [-0.2, 0) is 6.42 Å². The Morgan fingerprint density at radius 3 is 2.54 bits per heavy atom. The Balaban J connectivity index is 2.83. The molecule has 3 heteroatoms. The summed E-state index contributed by atoms with van der Waals surface area (Å²) in [5.74, 6) is 1.50. The van der Waals surface area contributed by atoms with E-state index in [9.17, 15) is 0 Å². The summed E-state index contributed by atoms with van der Waals surface area (Å²) in [6.07, 6.45) is 0.998. The van der Waals surface area contributed by atoms with Crippen LogP contribution in [0.1, 0.15) is 25.1 Å². The molecule has 1 N–H and O–H groups in total. The maximum Gasteiger partial charge on any atom is 0.151 e. The highest BCUT2D eigenvalue weighted by Gasteiger charge is 2.03. The van der Waals surface area contributed by atoms with E-state index in [1.54, 1.807) is 0 Å². The zero-order chi connectivity index (χ0) is 9.84. The average Bonchev–Trinajstić information content (AvgIpc) is 2.03. The van der Waals surface area contributed by atoms with Crippen LogP contribution in [0, 0.1) is 12.8 Å². The van der Waals surface area contributed by atoms with E-state index in [1.807, 2.05) is 14.0 Å². The fraction of sp³-hybridized carbons (Fsp3) is 0.600. The van der Waals surface area contributed by atoms with Gasteiger partial charge >= 0.3 is 0 Å². The van der Waals surface area contributed by atoms with Crippen molar-refractivity contribution in [1.82, 2.24) is 10.2 Å². The van der Waals surface area contributed by atoms with Gasteiger partial charge in [-0.25, -0.2) is 0 Å². The molecule has 0 unspecified atom stereocenters. The minimum Gasteiger partial charge on any atom is -0.371 e. The lowest BCUT2D eigenvalue weighted by atomic mass is 10.1. The lowest BCUT2D eigenvalue weighted by molar-refractivity contribution is 0.627. The van der Waals surface area contributed by atoms with Crippen molar-refractivity contribution in [3.8, 4) is 0 Å². The van der Waals surface area contributed by atoms with Gasteiger partial charge in [0.05, 0.1) is 5.69 Å². The molecule has 0 bridgehead atoms. The predicted octanol–water partition coefficient (Wildman–Crippen LogP) is 2.03. The number of hydrogen-bond acceptors (Lipinski definition) is 3. The van der Waals surface area contributed by atoms with Gasteiger partial charge in [0.1, 0.15) is 0 Å². The van der Waals surface area contributed by atoms with Gasteiger partial charge in [-0.15, -0.1) is 5.10 Å². The summed E-state index contributed by atoms with van der Waals surface area (Å²) in [5.41, 5.74) is 2.24. The van der Waals surface area contributed by atoms with Gasteiger partial charge < -0.3 is 5.32 Å². The maximum atomic E-state index is 4.14. The zero-order valence-electron chi connectivity index (χ0n) is 8.76. The van der Waals surface area contributed by atoms with E-state index in [0.29, 0.717) is 5.92 Å². The molecule has 0 saturated heterocycles. The second-order valence-corrected chi connectivity index (χ2v) is 3.72. The normalized spacial score (nSPS) is 10.5. The lowest BCUT2D eigenvalue weighted by Crippen LogP contribution is -2.03. The van der Waals surface area contributed by atoms with Gasteiger partial charge in [0, 0.05) is 7.05 Å². The quantitative estimate of drug-likeness (QED) is 0.771. The van der Waals surface area contributed by atoms with E-state index in [0.717, 1.165) is 23.5 Å². The van der Waals surface area contributed by atoms with Crippen molar-refractivity contribution in [2.75, 3.05) is 12.4 Å². The molecule has 0 saturated carbocycles. The lowest BCUT2D eigenvalue weighted by Gasteiger charge is -2.06. The first-order valence-corrected chi connectivity index (χ1v) is 4.64. The van der Waals surface area contributed by atoms with Crippen LogP contribution in [0.4, 0.5) is 5.82 Å². The summed E-state index contributed by atoms with van der Waals surface area (Å²) < 4.78 is 0. The SMILES string of the molecule is CNc1nnc(CC(C)C)cc1C. The van der Waals surface area contributed by atoms with Crippen LogP contribution in [0.2, 0.25) is 0 Å². The third kappa shape index (κ3) is 2.68. The molecule has 0 spiro atoms. The molecular formula is C10H17N3. The van der Waals surface area contributed by atoms with Gasteiger partial charge in [-0.1, -0.05) is 13.8 Å². The minimum atomic E-state index is 0.633. The first kappa shape index (κ1) is 9.96. The van der Waals surface area contributed by atoms with Crippen molar-refractivity contribution in [3.63, 3.8) is 0 Å². The molecule has 0 aliphatic carbocycles. The Morgan fingerprint density at radius 1 is 1.38 bits per heavy atom. The molecule has 0 atom stereocenters. The highest BCUT2D eigenvalue weighted by atomic mass is 15.2. The summed E-state index contributed by atoms with van der Waals surface area (Å²) >= 11 is 0. The van der Waals surface area contributed by atoms with E-state index < -0.39 is 0 Å². The van der Waals surface area contributed by atoms with E-state index in [2.05, 4.69) is 35.4 Å². The van der Waals surface area contributed by atoms with Crippen LogP contribution >= 0.6 is 0 Å². The van der Waals surface area contributed by atoms with E-state index in [4.69, 9.17) is 0 Å². The first-order valence-electron chi connectivity index (χ1n) is 4.64. The Morgan fingerprint density at radius 2 is 2.08 bits per heavy atom. The molecule has 1 aromatic heterocycles. The minimum absolute atomic E-state index is 0.633. The molecule has 0 amide bonds. The molecule has 0 aliphatic heterocycles. The van der Waals surface area contributed by atoms with Gasteiger partial charge in [0.15, 0.2) is 5.82 Å². The Bertz CT molecular complexity index is 281. The van der Waals surface area contributed by atoms with Crippen molar-refractivity contribution in [2.45, 2.75) is 27.2 Å². The molecule has 0 aliphatic rings. The Hall–Kier alpha value is -1.12. The van der Waals surface area contributed by atoms with Crippen LogP contribution in [-0.4, -0.2) is 17.2 Å². The third-order valence-corrected chi connectivity index (χ3v) is 1.89. The van der Waals surface area contributed by atoms with Crippen LogP contribution < -0.4 is 5.32 Å². The molecule has 72 valence electrons. The van der Waals surface area contributed by atoms with Crippen molar-refractivity contribution in [2.24, 2.45) is 5.92 Å². The first-order chi connectivity index (χ1) is 6.13. The average molecular weight is 179 g/mol. The summed E-state index contributed by atoms with van der Waals surface area (Å²) in [5, 5.41) is 11.2. The topological polar surface area (TPSA) is 37.8 Å². The molecule has 1 heterocycles. The fourth-order valence-electron chi connectivity index (χ4n) is 1.31. The smallest absolute Gasteiger partial charge is 0.151 e. The number of aromatic nitrogens is 2. The maximum absolute atomic E-state index is 4.14. The van der Waals surface area contributed by atoms with Crippen molar-refractivity contribution < 1.29 is 0 Å². The Labute approximate surface area is 79.6 Å². The number of rotatable bonds is 3. The summed E-state index contributed by atoms with van der Waals surface area (Å²) in [6.45, 7) is 6.41. The highest BCUT2D eigenvalue weighted by Crippen LogP contribution is 2.12. The summed E-state index contributed by atoms with van der Waals surface area (Å²) in [7, 11) is 1.86. The molecule has 0 fully saturated rings. The van der Waals surface area contributed by atoms with Gasteiger partial charge in [-0.2, -0.15) is 5.10 Å². The number of anilines is 1. The Kier molecular flexibility index (Phi) is 3.23. The van der Waals surface area contributed by atoms with Crippen LogP contribution in [0.3, 0.4) is 0 Å². The van der Waals surface area contributed by atoms with Crippen LogP contribution in [0.5, 0.6) is 0 Å². The number of nitrogens with zero attached hydrogens (tertiary/aromatic N) is 2. The number of nitrogens with one attached hydrogen (secondary N) is 1. The summed E-state index contributed by atoms with van der Waals surface area (Å²) in [4.78, 5) is 0. The fourth-order valence-corrected chi connectivity index (χ4v) is 1.31. The monoisotopic (exact) mass is 179 g/mol. The highest BCUT2D eigenvalue weighted by molar-refractivity contribution is 5.41. The van der Waals surface area contributed by atoms with E-state index in [-0.39, 0.29) is 0 Å². The molecule has 1 aromatic rings. The van der Waals surface area contributed by atoms with Crippen molar-refractivity contribution >= 4 is 5.82 Å². The largest absolute Gasteiger partial charge is 0.371 e. The van der Waals surface area contributed by atoms with Crippen molar-refractivity contribution in [1.29, 1.82) is 0 Å². The van der Waals surface area contributed by atoms with Gasteiger partial charge in [-0.05, 0) is 30.9 Å². The molecule has 13 heavy (non-hydrogen) atoms. The van der Waals surface area contributed by atoms with Crippen LogP contribution in [0.15, 0.2) is 6.07 Å². The standard InChI is InChI=1S/C10H17N3/c1-7(2)5-9-6-8(3)10(11-4)13-12-9/h6-7H,5H2,1-4H3,(H,11,13). The number of hydrogen-bond donors (Lipinski definition) is 1. The third-order valence-electron chi connectivity index (χ3n) is 1.89. The molecular weight excluding hydrogens is 162 g/mol. The van der Waals surface area contributed by atoms with Gasteiger partial charge in [-0.3, -0.25) is 0 Å². The zero-order valence-corrected chi connectivity index (χ0v) is 8.76. The predicted molar refractivity (Wildman–Crippen MR) is 54.9 cm³/mol. The van der Waals surface area contributed by atoms with Crippen molar-refractivity contribution in [3.05, 3.63) is 17.3 Å².